The molecule has 27 heavy (non-hydrogen) atoms. The molecule has 0 aliphatic carbocycles. The van der Waals surface area contributed by atoms with Gasteiger partial charge in [-0.05, 0) is 37.1 Å². The Morgan fingerprint density at radius 3 is 2.00 bits per heavy atom. The van der Waals surface area contributed by atoms with Crippen LogP contribution in [-0.4, -0.2) is 38.4 Å². The highest BCUT2D eigenvalue weighted by Gasteiger charge is 2.24. The maximum absolute atomic E-state index is 13.0. The number of rotatable bonds is 2. The summed E-state index contributed by atoms with van der Waals surface area (Å²) >= 11 is 3.33. The lowest BCUT2D eigenvalue weighted by molar-refractivity contribution is -0.143. The number of nitrogens with zero attached hydrogens (tertiary/aromatic N) is 1. The molecular weight excluding hydrogens is 430 g/mol. The Morgan fingerprint density at radius 1 is 0.815 bits per heavy atom. The molecule has 1 fully saturated rings. The minimum absolute atomic E-state index is 0.106. The van der Waals surface area contributed by atoms with E-state index in [1.54, 1.807) is 24.3 Å². The zero-order valence-corrected chi connectivity index (χ0v) is 18.3. The van der Waals surface area contributed by atoms with Crippen LogP contribution >= 0.6 is 15.9 Å². The van der Waals surface area contributed by atoms with E-state index in [0.29, 0.717) is 13.0 Å². The summed E-state index contributed by atoms with van der Waals surface area (Å²) in [5.41, 5.74) is 0. The third-order valence-electron chi connectivity index (χ3n) is 4.84. The lowest BCUT2D eigenvalue weighted by Gasteiger charge is -2.22. The normalized spacial score (nSPS) is 20.1. The second-order valence-corrected chi connectivity index (χ2v) is 9.86. The SMILES string of the molecule is O=C1CCCCCCCCCCCN(S(=O)(=O)c2ccc(Br)cc2)CCO1. The van der Waals surface area contributed by atoms with E-state index in [1.165, 1.54) is 30.0 Å². The van der Waals surface area contributed by atoms with Gasteiger partial charge in [-0.3, -0.25) is 4.79 Å². The summed E-state index contributed by atoms with van der Waals surface area (Å²) in [7, 11) is -3.59. The number of carbonyl (C=O) groups is 1. The molecule has 0 unspecified atom stereocenters. The average molecular weight is 460 g/mol. The molecule has 152 valence electrons. The van der Waals surface area contributed by atoms with Crippen LogP contribution in [0.3, 0.4) is 0 Å². The molecule has 5 nitrogen and oxygen atoms in total. The molecule has 0 radical (unpaired) electrons. The van der Waals surface area contributed by atoms with E-state index < -0.39 is 10.0 Å². The lowest BCUT2D eigenvalue weighted by Crippen LogP contribution is -2.35. The van der Waals surface area contributed by atoms with E-state index in [1.807, 2.05) is 0 Å². The molecule has 0 bridgehead atoms. The van der Waals surface area contributed by atoms with Gasteiger partial charge in [-0.1, -0.05) is 60.9 Å². The maximum Gasteiger partial charge on any atom is 0.305 e. The molecule has 1 aromatic carbocycles. The van der Waals surface area contributed by atoms with E-state index in [-0.39, 0.29) is 24.0 Å². The van der Waals surface area contributed by atoms with Gasteiger partial charge >= 0.3 is 5.97 Å². The molecule has 0 aromatic heterocycles. The van der Waals surface area contributed by atoms with Crippen molar-refractivity contribution in [3.8, 4) is 0 Å². The Hall–Kier alpha value is -0.920. The molecule has 0 N–H and O–H groups in total. The quantitative estimate of drug-likeness (QED) is 0.589. The van der Waals surface area contributed by atoms with Crippen molar-refractivity contribution in [1.82, 2.24) is 4.31 Å². The fourth-order valence-corrected chi connectivity index (χ4v) is 4.96. The lowest BCUT2D eigenvalue weighted by atomic mass is 10.1. The summed E-state index contributed by atoms with van der Waals surface area (Å²) < 4.78 is 33.5. The van der Waals surface area contributed by atoms with Crippen LogP contribution in [0.4, 0.5) is 0 Å². The van der Waals surface area contributed by atoms with Crippen molar-refractivity contribution in [1.29, 1.82) is 0 Å². The van der Waals surface area contributed by atoms with Crippen molar-refractivity contribution < 1.29 is 17.9 Å². The smallest absolute Gasteiger partial charge is 0.305 e. The summed E-state index contributed by atoms with van der Waals surface area (Å²) in [5.74, 6) is -0.233. The molecular formula is C20H30BrNO4S. The Labute approximate surface area is 171 Å². The molecule has 1 aliphatic heterocycles. The van der Waals surface area contributed by atoms with E-state index in [0.717, 1.165) is 36.6 Å². The van der Waals surface area contributed by atoms with Crippen molar-refractivity contribution in [2.75, 3.05) is 19.7 Å². The van der Waals surface area contributed by atoms with Crippen molar-refractivity contribution >= 4 is 31.9 Å². The Kier molecular flexibility index (Phi) is 9.79. The first kappa shape index (κ1) is 22.4. The second-order valence-electron chi connectivity index (χ2n) is 7.01. The molecule has 1 aromatic rings. The first-order valence-electron chi connectivity index (χ1n) is 9.91. The zero-order chi connectivity index (χ0) is 19.5. The van der Waals surface area contributed by atoms with E-state index >= 15 is 0 Å². The third kappa shape index (κ3) is 7.92. The van der Waals surface area contributed by atoms with Gasteiger partial charge in [-0.15, -0.1) is 0 Å². The van der Waals surface area contributed by atoms with E-state index in [9.17, 15) is 13.2 Å². The number of carbonyl (C=O) groups excluding carboxylic acids is 1. The highest BCUT2D eigenvalue weighted by atomic mass is 79.9. The summed E-state index contributed by atoms with van der Waals surface area (Å²) in [4.78, 5) is 12.1. The topological polar surface area (TPSA) is 63.7 Å². The summed E-state index contributed by atoms with van der Waals surface area (Å²) in [6.45, 7) is 0.759. The van der Waals surface area contributed by atoms with Crippen LogP contribution in [0.25, 0.3) is 0 Å². The van der Waals surface area contributed by atoms with Crippen LogP contribution in [0.15, 0.2) is 33.6 Å². The Morgan fingerprint density at radius 2 is 1.37 bits per heavy atom. The van der Waals surface area contributed by atoms with Gasteiger partial charge in [-0.2, -0.15) is 4.31 Å². The van der Waals surface area contributed by atoms with Gasteiger partial charge in [0.05, 0.1) is 4.90 Å². The number of ether oxygens (including phenoxy) is 1. The first-order chi connectivity index (χ1) is 13.0. The van der Waals surface area contributed by atoms with Gasteiger partial charge in [0, 0.05) is 24.0 Å². The van der Waals surface area contributed by atoms with Gasteiger partial charge in [0.2, 0.25) is 10.0 Å². The van der Waals surface area contributed by atoms with Gasteiger partial charge in [0.15, 0.2) is 0 Å². The Balaban J connectivity index is 2.03. The molecule has 0 atom stereocenters. The largest absolute Gasteiger partial charge is 0.464 e. The summed E-state index contributed by atoms with van der Waals surface area (Å²) in [5, 5.41) is 0. The standard InChI is InChI=1S/C20H30BrNO4S/c21-18-11-13-19(14-12-18)27(24,25)22-15-9-7-5-3-1-2-4-6-8-10-20(23)26-17-16-22/h11-14H,1-10,15-17H2. The minimum Gasteiger partial charge on any atom is -0.464 e. The fraction of sp³-hybridized carbons (Fsp3) is 0.650. The number of hydrogen-bond acceptors (Lipinski definition) is 4. The van der Waals surface area contributed by atoms with Crippen molar-refractivity contribution in [3.05, 3.63) is 28.7 Å². The maximum atomic E-state index is 13.0. The number of cyclic esters (lactones) is 1. The molecule has 0 saturated carbocycles. The highest BCUT2D eigenvalue weighted by Crippen LogP contribution is 2.20. The Bertz CT molecular complexity index is 676. The molecule has 1 heterocycles. The molecule has 1 aliphatic rings. The van der Waals surface area contributed by atoms with Crippen molar-refractivity contribution in [2.45, 2.75) is 69.1 Å². The third-order valence-corrected chi connectivity index (χ3v) is 7.29. The van der Waals surface area contributed by atoms with Crippen molar-refractivity contribution in [3.63, 3.8) is 0 Å². The number of benzene rings is 1. The van der Waals surface area contributed by atoms with Crippen molar-refractivity contribution in [2.24, 2.45) is 0 Å². The number of esters is 1. The van der Waals surface area contributed by atoms with Gasteiger partial charge in [-0.25, -0.2) is 8.42 Å². The molecule has 0 amide bonds. The van der Waals surface area contributed by atoms with Gasteiger partial charge in [0.25, 0.3) is 0 Å². The second kappa shape index (κ2) is 11.8. The fourth-order valence-electron chi connectivity index (χ4n) is 3.24. The molecule has 2 rings (SSSR count). The summed E-state index contributed by atoms with van der Waals surface area (Å²) in [6.07, 6.45) is 10.1. The van der Waals surface area contributed by atoms with Gasteiger partial charge < -0.3 is 4.74 Å². The predicted octanol–water partition coefficient (Wildman–Crippen LogP) is 4.90. The first-order valence-corrected chi connectivity index (χ1v) is 12.1. The minimum atomic E-state index is -3.59. The van der Waals surface area contributed by atoms with Crippen LogP contribution in [0, 0.1) is 0 Å². The monoisotopic (exact) mass is 459 g/mol. The molecule has 7 heteroatoms. The van der Waals surface area contributed by atoms with E-state index in [4.69, 9.17) is 4.74 Å². The van der Waals surface area contributed by atoms with Crippen LogP contribution in [0.5, 0.6) is 0 Å². The molecule has 1 saturated heterocycles. The van der Waals surface area contributed by atoms with Crippen LogP contribution in [0.2, 0.25) is 0 Å². The molecule has 0 spiro atoms. The predicted molar refractivity (Wildman–Crippen MR) is 110 cm³/mol. The highest BCUT2D eigenvalue weighted by molar-refractivity contribution is 9.10. The summed E-state index contributed by atoms with van der Waals surface area (Å²) in [6, 6.07) is 6.65. The number of hydrogen-bond donors (Lipinski definition) is 0. The average Bonchev–Trinajstić information content (AvgIpc) is 2.64. The van der Waals surface area contributed by atoms with E-state index in [2.05, 4.69) is 15.9 Å². The van der Waals surface area contributed by atoms with Crippen LogP contribution in [0.1, 0.15) is 64.2 Å². The van der Waals surface area contributed by atoms with Gasteiger partial charge in [0.1, 0.15) is 6.61 Å². The number of sulfonamides is 1. The van der Waals surface area contributed by atoms with Crippen LogP contribution in [-0.2, 0) is 19.6 Å². The zero-order valence-electron chi connectivity index (χ0n) is 15.9. The van der Waals surface area contributed by atoms with Crippen LogP contribution < -0.4 is 0 Å². The number of halogens is 1.